The van der Waals surface area contributed by atoms with E-state index in [0.29, 0.717) is 17.9 Å². The first-order chi connectivity index (χ1) is 7.59. The molecule has 2 atom stereocenters. The molecule has 2 aliphatic heterocycles. The minimum atomic E-state index is -1.72. The fourth-order valence-electron chi connectivity index (χ4n) is 2.57. The van der Waals surface area contributed by atoms with Crippen molar-refractivity contribution in [3.05, 3.63) is 0 Å². The fourth-order valence-corrected chi connectivity index (χ4v) is 2.57. The van der Waals surface area contributed by atoms with Crippen LogP contribution in [0, 0.1) is 0 Å². The Balaban J connectivity index is 2.25. The molecule has 0 aromatic heterocycles. The van der Waals surface area contributed by atoms with Gasteiger partial charge in [-0.25, -0.2) is 4.79 Å². The molecule has 16 heavy (non-hydrogen) atoms. The Morgan fingerprint density at radius 3 is 2.56 bits per heavy atom. The van der Waals surface area contributed by atoms with Crippen molar-refractivity contribution in [1.29, 1.82) is 0 Å². The second kappa shape index (κ2) is 4.12. The predicted molar refractivity (Wildman–Crippen MR) is 54.1 cm³/mol. The summed E-state index contributed by atoms with van der Waals surface area (Å²) in [7, 11) is 0. The summed E-state index contributed by atoms with van der Waals surface area (Å²) in [6, 6.07) is -0.427. The van der Waals surface area contributed by atoms with Crippen LogP contribution >= 0.6 is 0 Å². The molecule has 2 saturated heterocycles. The molecule has 0 aromatic carbocycles. The maximum atomic E-state index is 12.2. The lowest BCUT2D eigenvalue weighted by Gasteiger charge is -2.30. The third-order valence-electron chi connectivity index (χ3n) is 3.49. The van der Waals surface area contributed by atoms with E-state index in [0.717, 1.165) is 13.0 Å². The zero-order chi connectivity index (χ0) is 11.8. The average molecular weight is 228 g/mol. The number of carboxylic acid groups (broad SMARTS) is 1. The van der Waals surface area contributed by atoms with Gasteiger partial charge in [0.15, 0.2) is 5.78 Å². The van der Waals surface area contributed by atoms with Gasteiger partial charge < -0.3 is 15.6 Å². The Kier molecular flexibility index (Phi) is 2.96. The molecular weight excluding hydrogens is 212 g/mol. The number of aliphatic carboxylic acids is 1. The highest BCUT2D eigenvalue weighted by atomic mass is 16.5. The number of ketones is 1. The van der Waals surface area contributed by atoms with Gasteiger partial charge in [-0.2, -0.15) is 5.06 Å². The van der Waals surface area contributed by atoms with Gasteiger partial charge in [-0.15, -0.1) is 0 Å². The lowest BCUT2D eigenvalue weighted by atomic mass is 9.87. The summed E-state index contributed by atoms with van der Waals surface area (Å²) in [5, 5.41) is 22.5. The largest absolute Gasteiger partial charge is 0.479 e. The van der Waals surface area contributed by atoms with Crippen LogP contribution < -0.4 is 5.32 Å². The summed E-state index contributed by atoms with van der Waals surface area (Å²) in [6.45, 7) is 0.974. The highest BCUT2D eigenvalue weighted by Gasteiger charge is 2.55. The molecule has 0 spiro atoms. The minimum Gasteiger partial charge on any atom is -0.479 e. The molecule has 6 nitrogen and oxygen atoms in total. The molecule has 2 aliphatic rings. The van der Waals surface area contributed by atoms with Crippen LogP contribution in [0.2, 0.25) is 0 Å². The number of nitrogens with zero attached hydrogens (tertiary/aromatic N) is 1. The molecular formula is C10H16N2O4. The first-order valence-electron chi connectivity index (χ1n) is 5.56. The zero-order valence-electron chi connectivity index (χ0n) is 8.98. The molecule has 0 saturated carbocycles. The molecule has 0 unspecified atom stereocenters. The van der Waals surface area contributed by atoms with Crippen molar-refractivity contribution in [3.8, 4) is 0 Å². The minimum absolute atomic E-state index is 0.190. The van der Waals surface area contributed by atoms with Gasteiger partial charge in [0.05, 0.1) is 6.04 Å². The van der Waals surface area contributed by atoms with Crippen LogP contribution in [0.3, 0.4) is 0 Å². The van der Waals surface area contributed by atoms with Crippen LogP contribution in [0.15, 0.2) is 0 Å². The van der Waals surface area contributed by atoms with E-state index in [9.17, 15) is 19.9 Å². The highest BCUT2D eigenvalue weighted by molar-refractivity contribution is 6.10. The number of Topliss-reactive ketones (excluding diaryl/α,β-unsaturated/α-hetero) is 1. The van der Waals surface area contributed by atoms with E-state index in [1.165, 1.54) is 0 Å². The summed E-state index contributed by atoms with van der Waals surface area (Å²) in [4.78, 5) is 23.5. The van der Waals surface area contributed by atoms with Gasteiger partial charge in [0.25, 0.3) is 0 Å². The molecule has 0 radical (unpaired) electrons. The molecule has 2 fully saturated rings. The second-order valence-electron chi connectivity index (χ2n) is 4.41. The van der Waals surface area contributed by atoms with Crippen molar-refractivity contribution in [2.45, 2.75) is 37.3 Å². The molecule has 90 valence electrons. The van der Waals surface area contributed by atoms with E-state index in [-0.39, 0.29) is 13.0 Å². The summed E-state index contributed by atoms with van der Waals surface area (Å²) in [5.41, 5.74) is -1.72. The maximum Gasteiger partial charge on any atom is 0.334 e. The lowest BCUT2D eigenvalue weighted by Crippen LogP contribution is -2.60. The van der Waals surface area contributed by atoms with Gasteiger partial charge in [-0.3, -0.25) is 4.79 Å². The van der Waals surface area contributed by atoms with Crippen molar-refractivity contribution in [1.82, 2.24) is 10.4 Å². The second-order valence-corrected chi connectivity index (χ2v) is 4.41. The molecule has 2 rings (SSSR count). The third kappa shape index (κ3) is 1.53. The van der Waals surface area contributed by atoms with Crippen LogP contribution in [0.5, 0.6) is 0 Å². The Morgan fingerprint density at radius 2 is 2.12 bits per heavy atom. The van der Waals surface area contributed by atoms with E-state index in [1.807, 2.05) is 0 Å². The van der Waals surface area contributed by atoms with Gasteiger partial charge in [0.1, 0.15) is 0 Å². The Hall–Kier alpha value is -0.980. The monoisotopic (exact) mass is 228 g/mol. The van der Waals surface area contributed by atoms with Gasteiger partial charge in [-0.05, 0) is 32.2 Å². The Labute approximate surface area is 93.2 Å². The molecule has 3 N–H and O–H groups in total. The number of nitrogens with one attached hydrogen (secondary N) is 1. The summed E-state index contributed by atoms with van der Waals surface area (Å²) >= 11 is 0. The number of hydrogen-bond donors (Lipinski definition) is 3. The molecule has 0 aliphatic carbocycles. The average Bonchev–Trinajstić information content (AvgIpc) is 2.85. The van der Waals surface area contributed by atoms with Crippen LogP contribution in [0.1, 0.15) is 25.7 Å². The van der Waals surface area contributed by atoms with Gasteiger partial charge in [-0.1, -0.05) is 0 Å². The number of carbonyl (C=O) groups excluding carboxylic acids is 1. The smallest absolute Gasteiger partial charge is 0.334 e. The highest BCUT2D eigenvalue weighted by Crippen LogP contribution is 2.31. The van der Waals surface area contributed by atoms with Crippen molar-refractivity contribution in [2.75, 3.05) is 13.1 Å². The first kappa shape index (κ1) is 11.5. The number of hydrogen-bond acceptors (Lipinski definition) is 5. The lowest BCUT2D eigenvalue weighted by molar-refractivity contribution is -0.188. The predicted octanol–water partition coefficient (Wildman–Crippen LogP) is -0.384. The first-order valence-corrected chi connectivity index (χ1v) is 5.56. The van der Waals surface area contributed by atoms with E-state index < -0.39 is 23.3 Å². The van der Waals surface area contributed by atoms with Gasteiger partial charge in [0, 0.05) is 6.54 Å². The maximum absolute atomic E-state index is 12.2. The van der Waals surface area contributed by atoms with E-state index in [1.54, 1.807) is 0 Å². The number of hydroxylamine groups is 2. The molecule has 6 heteroatoms. The van der Waals surface area contributed by atoms with E-state index in [2.05, 4.69) is 5.32 Å². The summed E-state index contributed by atoms with van der Waals surface area (Å²) in [6.07, 6.45) is 2.25. The van der Waals surface area contributed by atoms with Crippen LogP contribution in [0.4, 0.5) is 0 Å². The van der Waals surface area contributed by atoms with Gasteiger partial charge in [0.2, 0.25) is 5.54 Å². The van der Waals surface area contributed by atoms with Gasteiger partial charge >= 0.3 is 5.97 Å². The Morgan fingerprint density at radius 1 is 1.38 bits per heavy atom. The third-order valence-corrected chi connectivity index (χ3v) is 3.49. The molecule has 0 amide bonds. The number of rotatable bonds is 3. The summed E-state index contributed by atoms with van der Waals surface area (Å²) in [5.74, 6) is -1.65. The van der Waals surface area contributed by atoms with Crippen molar-refractivity contribution in [2.24, 2.45) is 0 Å². The van der Waals surface area contributed by atoms with Crippen molar-refractivity contribution in [3.63, 3.8) is 0 Å². The molecule has 0 bridgehead atoms. The van der Waals surface area contributed by atoms with E-state index in [4.69, 9.17) is 0 Å². The fraction of sp³-hybridized carbons (Fsp3) is 0.800. The normalized spacial score (nSPS) is 35.4. The Bertz CT molecular complexity index is 314. The van der Waals surface area contributed by atoms with Crippen LogP contribution in [0.25, 0.3) is 0 Å². The summed E-state index contributed by atoms with van der Waals surface area (Å²) < 4.78 is 0. The number of carboxylic acids is 1. The SMILES string of the molecule is O=C(O)[C@]1(C(=O)[C@@H]2CCCN2)CCCN1O. The number of carbonyl (C=O) groups is 2. The quantitative estimate of drug-likeness (QED) is 0.570. The topological polar surface area (TPSA) is 89.9 Å². The van der Waals surface area contributed by atoms with Crippen molar-refractivity contribution < 1.29 is 19.9 Å². The van der Waals surface area contributed by atoms with Crippen molar-refractivity contribution >= 4 is 11.8 Å². The standard InChI is InChI=1S/C10H16N2O4/c13-8(7-3-1-5-11-7)10(9(14)15)4-2-6-12(10)16/h7,11,16H,1-6H2,(H,14,15)/t7-,10+/m0/s1. The zero-order valence-corrected chi connectivity index (χ0v) is 8.98. The van der Waals surface area contributed by atoms with E-state index >= 15 is 0 Å². The molecule has 0 aromatic rings. The molecule has 2 heterocycles. The van der Waals surface area contributed by atoms with Crippen LogP contribution in [-0.4, -0.2) is 51.8 Å². The van der Waals surface area contributed by atoms with Crippen LogP contribution in [-0.2, 0) is 9.59 Å².